The second-order valence-corrected chi connectivity index (χ2v) is 4.36. The summed E-state index contributed by atoms with van der Waals surface area (Å²) in [4.78, 5) is 26.3. The van der Waals surface area contributed by atoms with Crippen molar-refractivity contribution < 1.29 is 14.8 Å². The number of nitrogens with zero attached hydrogens (tertiary/aromatic N) is 4. The summed E-state index contributed by atoms with van der Waals surface area (Å²) >= 11 is 0. The zero-order valence-electron chi connectivity index (χ0n) is 11.1. The number of carboxylic acid groups (broad SMARTS) is 1. The summed E-state index contributed by atoms with van der Waals surface area (Å²) in [6.07, 6.45) is 0.952. The third-order valence-corrected chi connectivity index (χ3v) is 2.65. The minimum atomic E-state index is -0.962. The van der Waals surface area contributed by atoms with Crippen molar-refractivity contribution in [2.45, 2.75) is 26.3 Å². The van der Waals surface area contributed by atoms with Gasteiger partial charge in [-0.05, 0) is 13.8 Å². The number of hydrogen-bond donors (Lipinski definition) is 1. The standard InChI is InChI=1S/C12H14N4O4/c1-8(2)15(4-3-11(17)18)12-9(6-13)5-10(7-14-12)16(19)20/h5,7-8H,3-4H2,1-2H3,(H,17,18). The van der Waals surface area contributed by atoms with E-state index in [2.05, 4.69) is 4.98 Å². The first-order valence-corrected chi connectivity index (χ1v) is 5.89. The molecule has 1 heterocycles. The highest BCUT2D eigenvalue weighted by Gasteiger charge is 2.20. The number of anilines is 1. The van der Waals surface area contributed by atoms with Crippen molar-refractivity contribution in [3.8, 4) is 6.07 Å². The molecule has 0 fully saturated rings. The van der Waals surface area contributed by atoms with Crippen molar-refractivity contribution in [3.63, 3.8) is 0 Å². The average Bonchev–Trinajstić information content (AvgIpc) is 2.38. The summed E-state index contributed by atoms with van der Waals surface area (Å²) < 4.78 is 0. The van der Waals surface area contributed by atoms with Crippen LogP contribution in [0.4, 0.5) is 11.5 Å². The van der Waals surface area contributed by atoms with Gasteiger partial charge < -0.3 is 10.0 Å². The zero-order chi connectivity index (χ0) is 15.3. The third kappa shape index (κ3) is 3.65. The van der Waals surface area contributed by atoms with Gasteiger partial charge in [0.15, 0.2) is 0 Å². The number of nitriles is 1. The normalized spacial score (nSPS) is 10.1. The molecule has 0 spiro atoms. The fourth-order valence-corrected chi connectivity index (χ4v) is 1.68. The van der Waals surface area contributed by atoms with E-state index in [1.807, 2.05) is 19.9 Å². The predicted octanol–water partition coefficient (Wildman–Crippen LogP) is 1.55. The molecule has 1 aromatic heterocycles. The van der Waals surface area contributed by atoms with Crippen LogP contribution in [-0.4, -0.2) is 33.6 Å². The van der Waals surface area contributed by atoms with E-state index in [1.54, 1.807) is 4.90 Å². The van der Waals surface area contributed by atoms with Gasteiger partial charge >= 0.3 is 5.97 Å². The summed E-state index contributed by atoms with van der Waals surface area (Å²) in [6, 6.07) is 2.91. The van der Waals surface area contributed by atoms with Gasteiger partial charge in [-0.3, -0.25) is 14.9 Å². The Bertz CT molecular complexity index is 565. The Labute approximate surface area is 115 Å². The number of carboxylic acids is 1. The van der Waals surface area contributed by atoms with Crippen molar-refractivity contribution >= 4 is 17.5 Å². The van der Waals surface area contributed by atoms with Crippen molar-refractivity contribution in [1.29, 1.82) is 5.26 Å². The SMILES string of the molecule is CC(C)N(CCC(=O)O)c1ncc([N+](=O)[O-])cc1C#N. The van der Waals surface area contributed by atoms with Crippen LogP contribution in [0, 0.1) is 21.4 Å². The van der Waals surface area contributed by atoms with E-state index in [9.17, 15) is 14.9 Å². The van der Waals surface area contributed by atoms with Crippen LogP contribution in [0.15, 0.2) is 12.3 Å². The monoisotopic (exact) mass is 278 g/mol. The Morgan fingerprint density at radius 2 is 2.30 bits per heavy atom. The van der Waals surface area contributed by atoms with Crippen molar-refractivity contribution in [2.75, 3.05) is 11.4 Å². The average molecular weight is 278 g/mol. The summed E-state index contributed by atoms with van der Waals surface area (Å²) in [5, 5.41) is 28.5. The molecule has 0 saturated carbocycles. The lowest BCUT2D eigenvalue weighted by atomic mass is 10.2. The minimum absolute atomic E-state index is 0.0540. The van der Waals surface area contributed by atoms with Gasteiger partial charge in [0.1, 0.15) is 23.6 Å². The van der Waals surface area contributed by atoms with Crippen LogP contribution in [0.1, 0.15) is 25.8 Å². The molecule has 0 saturated heterocycles. The van der Waals surface area contributed by atoms with E-state index in [0.29, 0.717) is 0 Å². The van der Waals surface area contributed by atoms with Crippen LogP contribution < -0.4 is 4.90 Å². The van der Waals surface area contributed by atoms with E-state index in [-0.39, 0.29) is 36.1 Å². The van der Waals surface area contributed by atoms with Gasteiger partial charge in [-0.1, -0.05) is 0 Å². The molecular formula is C12H14N4O4. The van der Waals surface area contributed by atoms with Crippen LogP contribution in [0.5, 0.6) is 0 Å². The first-order valence-electron chi connectivity index (χ1n) is 5.89. The second-order valence-electron chi connectivity index (χ2n) is 4.36. The van der Waals surface area contributed by atoms with Gasteiger partial charge in [0.05, 0.1) is 11.3 Å². The largest absolute Gasteiger partial charge is 0.481 e. The summed E-state index contributed by atoms with van der Waals surface area (Å²) in [5.74, 6) is -0.703. The molecule has 0 aromatic carbocycles. The van der Waals surface area contributed by atoms with Gasteiger partial charge in [0, 0.05) is 18.7 Å². The summed E-state index contributed by atoms with van der Waals surface area (Å²) in [6.45, 7) is 3.82. The lowest BCUT2D eigenvalue weighted by Crippen LogP contribution is -2.34. The third-order valence-electron chi connectivity index (χ3n) is 2.65. The van der Waals surface area contributed by atoms with E-state index < -0.39 is 10.9 Å². The highest BCUT2D eigenvalue weighted by atomic mass is 16.6. The number of hydrogen-bond acceptors (Lipinski definition) is 6. The molecule has 0 radical (unpaired) electrons. The first kappa shape index (κ1) is 15.4. The van der Waals surface area contributed by atoms with Crippen molar-refractivity contribution in [3.05, 3.63) is 27.9 Å². The first-order chi connectivity index (χ1) is 9.36. The van der Waals surface area contributed by atoms with E-state index in [0.717, 1.165) is 12.3 Å². The molecule has 8 heteroatoms. The Morgan fingerprint density at radius 1 is 1.65 bits per heavy atom. The lowest BCUT2D eigenvalue weighted by Gasteiger charge is -2.27. The van der Waals surface area contributed by atoms with Crippen molar-refractivity contribution in [2.24, 2.45) is 0 Å². The maximum absolute atomic E-state index is 10.7. The van der Waals surface area contributed by atoms with Crippen LogP contribution in [-0.2, 0) is 4.79 Å². The van der Waals surface area contributed by atoms with Gasteiger partial charge in [-0.25, -0.2) is 4.98 Å². The smallest absolute Gasteiger partial charge is 0.305 e. The molecule has 1 aromatic rings. The maximum atomic E-state index is 10.7. The molecule has 20 heavy (non-hydrogen) atoms. The lowest BCUT2D eigenvalue weighted by molar-refractivity contribution is -0.385. The number of nitro groups is 1. The molecule has 106 valence electrons. The number of rotatable bonds is 6. The molecule has 0 aliphatic carbocycles. The molecule has 1 rings (SSSR count). The highest BCUT2D eigenvalue weighted by Crippen LogP contribution is 2.23. The summed E-state index contributed by atoms with van der Waals surface area (Å²) in [7, 11) is 0. The zero-order valence-corrected chi connectivity index (χ0v) is 11.1. The fraction of sp³-hybridized carbons (Fsp3) is 0.417. The molecular weight excluding hydrogens is 264 g/mol. The Balaban J connectivity index is 3.16. The van der Waals surface area contributed by atoms with Crippen LogP contribution >= 0.6 is 0 Å². The van der Waals surface area contributed by atoms with E-state index in [4.69, 9.17) is 10.4 Å². The topological polar surface area (TPSA) is 120 Å². The van der Waals surface area contributed by atoms with Crippen LogP contribution in [0.25, 0.3) is 0 Å². The molecule has 0 bridgehead atoms. The molecule has 0 unspecified atom stereocenters. The van der Waals surface area contributed by atoms with Gasteiger partial charge in [0.25, 0.3) is 5.69 Å². The maximum Gasteiger partial charge on any atom is 0.305 e. The molecule has 0 aliphatic rings. The van der Waals surface area contributed by atoms with Crippen molar-refractivity contribution in [1.82, 2.24) is 4.98 Å². The minimum Gasteiger partial charge on any atom is -0.481 e. The van der Waals surface area contributed by atoms with Gasteiger partial charge in [-0.2, -0.15) is 5.26 Å². The molecule has 1 N–H and O–H groups in total. The Kier molecular flexibility index (Phi) is 4.97. The Hall–Kier alpha value is -2.69. The van der Waals surface area contributed by atoms with Gasteiger partial charge in [0.2, 0.25) is 0 Å². The molecule has 8 nitrogen and oxygen atoms in total. The van der Waals surface area contributed by atoms with Crippen LogP contribution in [0.2, 0.25) is 0 Å². The van der Waals surface area contributed by atoms with Crippen LogP contribution in [0.3, 0.4) is 0 Å². The number of carbonyl (C=O) groups is 1. The Morgan fingerprint density at radius 3 is 2.75 bits per heavy atom. The molecule has 0 aliphatic heterocycles. The fourth-order valence-electron chi connectivity index (χ4n) is 1.68. The highest BCUT2D eigenvalue weighted by molar-refractivity contribution is 5.68. The molecule has 0 atom stereocenters. The predicted molar refractivity (Wildman–Crippen MR) is 70.3 cm³/mol. The summed E-state index contributed by atoms with van der Waals surface area (Å²) in [5.41, 5.74) is -0.217. The van der Waals surface area contributed by atoms with E-state index >= 15 is 0 Å². The second kappa shape index (κ2) is 6.47. The van der Waals surface area contributed by atoms with Gasteiger partial charge in [-0.15, -0.1) is 0 Å². The number of aromatic nitrogens is 1. The molecule has 0 amide bonds. The quantitative estimate of drug-likeness (QED) is 0.619. The number of pyridine rings is 1. The van der Waals surface area contributed by atoms with E-state index in [1.165, 1.54) is 0 Å². The number of aliphatic carboxylic acids is 1.